The molecule has 0 aliphatic heterocycles. The summed E-state index contributed by atoms with van der Waals surface area (Å²) in [5.74, 6) is -1.73. The molecule has 25 heavy (non-hydrogen) atoms. The average molecular weight is 356 g/mol. The van der Waals surface area contributed by atoms with Crippen molar-refractivity contribution >= 4 is 17.7 Å². The fourth-order valence-corrected chi connectivity index (χ4v) is 2.06. The van der Waals surface area contributed by atoms with E-state index in [1.165, 1.54) is 13.0 Å². The fraction of sp³-hybridized carbons (Fsp3) is 0.529. The van der Waals surface area contributed by atoms with Gasteiger partial charge in [0.15, 0.2) is 6.04 Å². The minimum Gasteiger partial charge on any atom is -0.488 e. The van der Waals surface area contributed by atoms with E-state index in [0.717, 1.165) is 0 Å². The SMILES string of the molecule is CCc1cc(F)c(C)c(OC[C@@H](NC(=O)OC(C)(C)C)C(=O)O)c1N. The summed E-state index contributed by atoms with van der Waals surface area (Å²) in [4.78, 5) is 23.1. The molecule has 0 unspecified atom stereocenters. The lowest BCUT2D eigenvalue weighted by molar-refractivity contribution is -0.140. The molecule has 0 saturated carbocycles. The number of alkyl carbamates (subject to hydrolysis) is 1. The van der Waals surface area contributed by atoms with Gasteiger partial charge in [-0.25, -0.2) is 14.0 Å². The number of nitrogens with one attached hydrogen (secondary N) is 1. The number of aryl methyl sites for hydroxylation is 1. The van der Waals surface area contributed by atoms with E-state index in [2.05, 4.69) is 5.32 Å². The van der Waals surface area contributed by atoms with Gasteiger partial charge in [-0.05, 0) is 45.7 Å². The Labute approximate surface area is 146 Å². The molecule has 0 fully saturated rings. The van der Waals surface area contributed by atoms with Crippen LogP contribution in [-0.2, 0) is 16.0 Å². The lowest BCUT2D eigenvalue weighted by atomic mass is 10.1. The summed E-state index contributed by atoms with van der Waals surface area (Å²) in [6, 6.07) is -0.0486. The molecule has 0 spiro atoms. The van der Waals surface area contributed by atoms with Crippen LogP contribution in [0.4, 0.5) is 14.9 Å². The van der Waals surface area contributed by atoms with E-state index in [-0.39, 0.29) is 17.0 Å². The first-order chi connectivity index (χ1) is 11.5. The number of nitrogen functional groups attached to an aromatic ring is 1. The topological polar surface area (TPSA) is 111 Å². The van der Waals surface area contributed by atoms with Crippen molar-refractivity contribution in [1.82, 2.24) is 5.32 Å². The maximum absolute atomic E-state index is 13.9. The zero-order chi connectivity index (χ0) is 19.4. The van der Waals surface area contributed by atoms with Crippen LogP contribution in [-0.4, -0.2) is 35.4 Å². The van der Waals surface area contributed by atoms with Crippen LogP contribution in [0.15, 0.2) is 6.07 Å². The normalized spacial score (nSPS) is 12.4. The van der Waals surface area contributed by atoms with E-state index in [1.807, 2.05) is 6.92 Å². The van der Waals surface area contributed by atoms with E-state index < -0.39 is 36.1 Å². The van der Waals surface area contributed by atoms with E-state index in [0.29, 0.717) is 12.0 Å². The molecule has 0 saturated heterocycles. The number of carboxylic acids is 1. The van der Waals surface area contributed by atoms with Crippen molar-refractivity contribution in [2.75, 3.05) is 12.3 Å². The highest BCUT2D eigenvalue weighted by atomic mass is 19.1. The maximum atomic E-state index is 13.9. The molecule has 4 N–H and O–H groups in total. The summed E-state index contributed by atoms with van der Waals surface area (Å²) in [6.07, 6.45) is -0.389. The number of ether oxygens (including phenoxy) is 2. The molecular weight excluding hydrogens is 331 g/mol. The van der Waals surface area contributed by atoms with Crippen molar-refractivity contribution in [3.63, 3.8) is 0 Å². The number of hydrogen-bond donors (Lipinski definition) is 3. The van der Waals surface area contributed by atoms with Crippen molar-refractivity contribution in [3.8, 4) is 5.75 Å². The molecular formula is C17H25FN2O5. The maximum Gasteiger partial charge on any atom is 0.408 e. The number of anilines is 1. The summed E-state index contributed by atoms with van der Waals surface area (Å²) in [5, 5.41) is 11.4. The van der Waals surface area contributed by atoms with Gasteiger partial charge < -0.3 is 25.6 Å². The molecule has 140 valence electrons. The average Bonchev–Trinajstić information content (AvgIpc) is 2.47. The van der Waals surface area contributed by atoms with Crippen molar-refractivity contribution in [3.05, 3.63) is 23.0 Å². The van der Waals surface area contributed by atoms with Crippen LogP contribution in [0.3, 0.4) is 0 Å². The third-order valence-electron chi connectivity index (χ3n) is 3.35. The first kappa shape index (κ1) is 20.5. The smallest absolute Gasteiger partial charge is 0.408 e. The molecule has 0 aliphatic carbocycles. The molecule has 1 aromatic rings. The zero-order valence-electron chi connectivity index (χ0n) is 15.1. The number of carbonyl (C=O) groups is 2. The highest BCUT2D eigenvalue weighted by Crippen LogP contribution is 2.32. The second-order valence-corrected chi connectivity index (χ2v) is 6.59. The highest BCUT2D eigenvalue weighted by Gasteiger charge is 2.25. The largest absolute Gasteiger partial charge is 0.488 e. The van der Waals surface area contributed by atoms with Crippen molar-refractivity contribution in [2.24, 2.45) is 0 Å². The van der Waals surface area contributed by atoms with Crippen LogP contribution in [0.25, 0.3) is 0 Å². The Kier molecular flexibility index (Phi) is 6.61. The summed E-state index contributed by atoms with van der Waals surface area (Å²) < 4.78 is 24.4. The Morgan fingerprint density at radius 2 is 2.00 bits per heavy atom. The molecule has 0 heterocycles. The van der Waals surface area contributed by atoms with Crippen molar-refractivity contribution in [1.29, 1.82) is 0 Å². The lowest BCUT2D eigenvalue weighted by Gasteiger charge is -2.22. The Balaban J connectivity index is 2.91. The second-order valence-electron chi connectivity index (χ2n) is 6.59. The lowest BCUT2D eigenvalue weighted by Crippen LogP contribution is -2.46. The molecule has 1 aromatic carbocycles. The Hall–Kier alpha value is -2.51. The minimum absolute atomic E-state index is 0.0779. The van der Waals surface area contributed by atoms with E-state index >= 15 is 0 Å². The van der Waals surface area contributed by atoms with Crippen LogP contribution in [0.2, 0.25) is 0 Å². The molecule has 1 rings (SSSR count). The van der Waals surface area contributed by atoms with Crippen molar-refractivity contribution < 1.29 is 28.6 Å². The first-order valence-corrected chi connectivity index (χ1v) is 7.88. The third kappa shape index (κ3) is 5.81. The number of halogens is 1. The molecule has 0 radical (unpaired) electrons. The molecule has 8 heteroatoms. The van der Waals surface area contributed by atoms with Crippen LogP contribution < -0.4 is 15.8 Å². The number of carboxylic acid groups (broad SMARTS) is 1. The standard InChI is InChI=1S/C17H25FN2O5/c1-6-10-7-11(18)9(2)14(13(10)19)24-8-12(15(21)22)20-16(23)25-17(3,4)5/h7,12H,6,8,19H2,1-5H3,(H,20,23)(H,21,22)/t12-/m1/s1. The molecule has 0 bridgehead atoms. The third-order valence-corrected chi connectivity index (χ3v) is 3.35. The van der Waals surface area contributed by atoms with Gasteiger partial charge in [-0.15, -0.1) is 0 Å². The summed E-state index contributed by atoms with van der Waals surface area (Å²) in [7, 11) is 0. The molecule has 7 nitrogen and oxygen atoms in total. The van der Waals surface area contributed by atoms with Crippen LogP contribution >= 0.6 is 0 Å². The molecule has 1 amide bonds. The van der Waals surface area contributed by atoms with Crippen molar-refractivity contribution in [2.45, 2.75) is 52.7 Å². The van der Waals surface area contributed by atoms with Crippen LogP contribution in [0, 0.1) is 12.7 Å². The highest BCUT2D eigenvalue weighted by molar-refractivity contribution is 5.80. The van der Waals surface area contributed by atoms with Gasteiger partial charge in [0.1, 0.15) is 23.8 Å². The number of aliphatic carboxylic acids is 1. The molecule has 0 aromatic heterocycles. The Morgan fingerprint density at radius 3 is 2.48 bits per heavy atom. The quantitative estimate of drug-likeness (QED) is 0.676. The second kappa shape index (κ2) is 8.04. The summed E-state index contributed by atoms with van der Waals surface area (Å²) in [6.45, 7) is 7.84. The van der Waals surface area contributed by atoms with Crippen LogP contribution in [0.1, 0.15) is 38.8 Å². The van der Waals surface area contributed by atoms with E-state index in [4.69, 9.17) is 15.2 Å². The van der Waals surface area contributed by atoms with E-state index in [1.54, 1.807) is 20.8 Å². The molecule has 0 aliphatic rings. The van der Waals surface area contributed by atoms with Gasteiger partial charge in [-0.1, -0.05) is 6.92 Å². The number of amides is 1. The minimum atomic E-state index is -1.37. The number of benzene rings is 1. The van der Waals surface area contributed by atoms with Gasteiger partial charge in [0.25, 0.3) is 0 Å². The first-order valence-electron chi connectivity index (χ1n) is 7.88. The van der Waals surface area contributed by atoms with Gasteiger partial charge >= 0.3 is 12.1 Å². The monoisotopic (exact) mass is 356 g/mol. The van der Waals surface area contributed by atoms with Gasteiger partial charge in [0, 0.05) is 5.56 Å². The van der Waals surface area contributed by atoms with Gasteiger partial charge in [-0.3, -0.25) is 0 Å². The Bertz CT molecular complexity index is 655. The van der Waals surface area contributed by atoms with Gasteiger partial charge in [0.2, 0.25) is 0 Å². The number of hydrogen-bond acceptors (Lipinski definition) is 5. The zero-order valence-corrected chi connectivity index (χ0v) is 15.1. The summed E-state index contributed by atoms with van der Waals surface area (Å²) >= 11 is 0. The summed E-state index contributed by atoms with van der Waals surface area (Å²) in [5.41, 5.74) is 6.18. The van der Waals surface area contributed by atoms with E-state index in [9.17, 15) is 19.1 Å². The number of rotatable bonds is 6. The van der Waals surface area contributed by atoms with Gasteiger partial charge in [0.05, 0.1) is 5.69 Å². The predicted molar refractivity (Wildman–Crippen MR) is 91.2 cm³/mol. The van der Waals surface area contributed by atoms with Crippen LogP contribution in [0.5, 0.6) is 5.75 Å². The Morgan fingerprint density at radius 1 is 1.40 bits per heavy atom. The fourth-order valence-electron chi connectivity index (χ4n) is 2.06. The predicted octanol–water partition coefficient (Wildman–Crippen LogP) is 2.64. The number of carbonyl (C=O) groups excluding carboxylic acids is 1. The molecule has 1 atom stereocenters. The number of nitrogens with two attached hydrogens (primary N) is 1. The van der Waals surface area contributed by atoms with Gasteiger partial charge in [-0.2, -0.15) is 0 Å².